The Morgan fingerprint density at radius 3 is 2.62 bits per heavy atom. The molecule has 1 aliphatic heterocycles. The number of carbonyl (C=O) groups excluding carboxylic acids is 1. The summed E-state index contributed by atoms with van der Waals surface area (Å²) in [4.78, 5) is 20.0. The Bertz CT molecular complexity index is 1030. The number of amides is 1. The number of likely N-dealkylation sites (tertiary alicyclic amines) is 1. The quantitative estimate of drug-likeness (QED) is 0.342. The predicted molar refractivity (Wildman–Crippen MR) is 163 cm³/mol. The van der Waals surface area contributed by atoms with Crippen LogP contribution in [0.15, 0.2) is 35.5 Å². The van der Waals surface area contributed by atoms with Crippen molar-refractivity contribution in [3.63, 3.8) is 0 Å². The summed E-state index contributed by atoms with van der Waals surface area (Å²) in [6.07, 6.45) is 14.9. The van der Waals surface area contributed by atoms with Crippen LogP contribution >= 0.6 is 0 Å². The average molecular weight is 550 g/mol. The Morgan fingerprint density at radius 1 is 1.07 bits per heavy atom. The van der Waals surface area contributed by atoms with E-state index < -0.39 is 0 Å². The number of hydrogen-bond acceptors (Lipinski definition) is 4. The van der Waals surface area contributed by atoms with Gasteiger partial charge < -0.3 is 15.3 Å². The molecule has 2 N–H and O–H groups in total. The van der Waals surface area contributed by atoms with E-state index in [1.54, 1.807) is 11.1 Å². The molecule has 0 aromatic carbocycles. The molecule has 0 spiro atoms. The minimum atomic E-state index is -0.171. The van der Waals surface area contributed by atoms with E-state index in [1.165, 1.54) is 44.2 Å². The molecule has 2 heterocycles. The molecular formula is C35H55N3O2. The van der Waals surface area contributed by atoms with Crippen molar-refractivity contribution in [1.29, 1.82) is 0 Å². The molecule has 0 unspecified atom stereocenters. The van der Waals surface area contributed by atoms with E-state index in [4.69, 9.17) is 0 Å². The molecule has 0 radical (unpaired) electrons. The maximum atomic E-state index is 13.0. The number of pyridine rings is 1. The summed E-state index contributed by atoms with van der Waals surface area (Å²) in [6, 6.07) is 6.17. The van der Waals surface area contributed by atoms with Gasteiger partial charge in [-0.1, -0.05) is 38.0 Å². The van der Waals surface area contributed by atoms with Crippen LogP contribution in [0.2, 0.25) is 0 Å². The number of aliphatic hydroxyl groups excluding tert-OH is 1. The zero-order chi connectivity index (χ0) is 28.3. The molecular weight excluding hydrogens is 494 g/mol. The van der Waals surface area contributed by atoms with E-state index in [9.17, 15) is 9.90 Å². The summed E-state index contributed by atoms with van der Waals surface area (Å²) in [5.41, 5.74) is 4.67. The molecule has 3 fully saturated rings. The first-order valence-corrected chi connectivity index (χ1v) is 16.4. The van der Waals surface area contributed by atoms with Gasteiger partial charge >= 0.3 is 0 Å². The molecule has 1 saturated heterocycles. The van der Waals surface area contributed by atoms with Crippen molar-refractivity contribution in [2.24, 2.45) is 34.5 Å². The lowest BCUT2D eigenvalue weighted by molar-refractivity contribution is -0.149. The summed E-state index contributed by atoms with van der Waals surface area (Å²) in [6.45, 7) is 13.8. The summed E-state index contributed by atoms with van der Waals surface area (Å²) < 4.78 is 0. The second-order valence-electron chi connectivity index (χ2n) is 14.6. The van der Waals surface area contributed by atoms with Crippen molar-refractivity contribution in [3.05, 3.63) is 41.2 Å². The largest absolute Gasteiger partial charge is 0.393 e. The molecule has 5 heteroatoms. The summed E-state index contributed by atoms with van der Waals surface area (Å²) in [7, 11) is 0. The molecule has 5 atom stereocenters. The first kappa shape index (κ1) is 29.8. The van der Waals surface area contributed by atoms with E-state index in [0.29, 0.717) is 35.5 Å². The third kappa shape index (κ3) is 6.36. The lowest BCUT2D eigenvalue weighted by atomic mass is 9.43. The van der Waals surface area contributed by atoms with Crippen molar-refractivity contribution in [1.82, 2.24) is 15.2 Å². The molecule has 4 aliphatic rings. The number of hydrogen-bond donors (Lipinski definition) is 2. The van der Waals surface area contributed by atoms with Crippen molar-refractivity contribution in [2.45, 2.75) is 111 Å². The number of allylic oxidation sites excluding steroid dienone is 2. The fourth-order valence-electron chi connectivity index (χ4n) is 9.46. The van der Waals surface area contributed by atoms with Gasteiger partial charge in [-0.05, 0) is 144 Å². The van der Waals surface area contributed by atoms with Crippen LogP contribution in [0.4, 0.5) is 0 Å². The molecule has 222 valence electrons. The Labute approximate surface area is 243 Å². The highest BCUT2D eigenvalue weighted by molar-refractivity contribution is 5.76. The van der Waals surface area contributed by atoms with Crippen LogP contribution in [0.1, 0.15) is 104 Å². The third-order valence-electron chi connectivity index (χ3n) is 12.0. The molecule has 0 bridgehead atoms. The number of piperidine rings is 1. The number of aromatic nitrogens is 1. The number of aliphatic hydroxyl groups is 1. The minimum absolute atomic E-state index is 0.00398. The molecule has 5 nitrogen and oxygen atoms in total. The van der Waals surface area contributed by atoms with Crippen molar-refractivity contribution in [2.75, 3.05) is 26.2 Å². The number of nitrogens with one attached hydrogen (secondary N) is 1. The van der Waals surface area contributed by atoms with Crippen molar-refractivity contribution < 1.29 is 9.90 Å². The molecule has 5 rings (SSSR count). The average Bonchev–Trinajstić information content (AvgIpc) is 2.95. The first-order valence-electron chi connectivity index (χ1n) is 16.4. The van der Waals surface area contributed by atoms with E-state index in [-0.39, 0.29) is 17.4 Å². The van der Waals surface area contributed by atoms with Gasteiger partial charge in [0.1, 0.15) is 0 Å². The molecule has 1 aromatic rings. The van der Waals surface area contributed by atoms with Crippen molar-refractivity contribution >= 4 is 5.91 Å². The fourth-order valence-corrected chi connectivity index (χ4v) is 9.46. The predicted octanol–water partition coefficient (Wildman–Crippen LogP) is 6.56. The number of carbonyl (C=O) groups is 1. The molecule has 1 amide bonds. The molecule has 40 heavy (non-hydrogen) atoms. The highest BCUT2D eigenvalue weighted by Crippen LogP contribution is 2.64. The summed E-state index contributed by atoms with van der Waals surface area (Å²) in [5.74, 6) is 2.78. The monoisotopic (exact) mass is 549 g/mol. The Kier molecular flexibility index (Phi) is 9.41. The maximum Gasteiger partial charge on any atom is 0.220 e. The third-order valence-corrected chi connectivity index (χ3v) is 12.0. The maximum absolute atomic E-state index is 13.0. The van der Waals surface area contributed by atoms with Gasteiger partial charge in [0.15, 0.2) is 0 Å². The summed E-state index contributed by atoms with van der Waals surface area (Å²) >= 11 is 0. The van der Waals surface area contributed by atoms with Gasteiger partial charge in [0.05, 0.1) is 6.10 Å². The molecule has 2 saturated carbocycles. The van der Waals surface area contributed by atoms with Gasteiger partial charge in [-0.15, -0.1) is 0 Å². The normalized spacial score (nSPS) is 32.8. The van der Waals surface area contributed by atoms with Crippen LogP contribution in [-0.2, 0) is 11.2 Å². The van der Waals surface area contributed by atoms with E-state index in [0.717, 1.165) is 58.3 Å². The van der Waals surface area contributed by atoms with Gasteiger partial charge in [-0.25, -0.2) is 0 Å². The van der Waals surface area contributed by atoms with Gasteiger partial charge in [-0.3, -0.25) is 9.78 Å². The molecule has 3 aliphatic carbocycles. The lowest BCUT2D eigenvalue weighted by Gasteiger charge is -2.62. The van der Waals surface area contributed by atoms with Crippen LogP contribution in [0.5, 0.6) is 0 Å². The first-order chi connectivity index (χ1) is 19.2. The Morgan fingerprint density at radius 2 is 1.88 bits per heavy atom. The van der Waals surface area contributed by atoms with Crippen LogP contribution in [0.3, 0.4) is 0 Å². The lowest BCUT2D eigenvalue weighted by Crippen LogP contribution is -2.56. The highest BCUT2D eigenvalue weighted by Gasteiger charge is 2.58. The molecule has 1 aromatic heterocycles. The summed E-state index contributed by atoms with van der Waals surface area (Å²) in [5, 5.41) is 14.1. The smallest absolute Gasteiger partial charge is 0.220 e. The van der Waals surface area contributed by atoms with Crippen LogP contribution in [-0.4, -0.2) is 53.2 Å². The number of aryl methyl sites for hydroxylation is 1. The van der Waals surface area contributed by atoms with Gasteiger partial charge in [0, 0.05) is 24.9 Å². The second-order valence-corrected chi connectivity index (χ2v) is 14.6. The zero-order valence-electron chi connectivity index (χ0n) is 25.8. The van der Waals surface area contributed by atoms with Crippen LogP contribution in [0.25, 0.3) is 0 Å². The number of rotatable bonds is 9. The Hall–Kier alpha value is -1.72. The zero-order valence-corrected chi connectivity index (χ0v) is 25.8. The fraction of sp³-hybridized carbons (Fsp3) is 0.771. The van der Waals surface area contributed by atoms with Gasteiger partial charge in [-0.2, -0.15) is 0 Å². The highest BCUT2D eigenvalue weighted by atomic mass is 16.3. The number of nitrogens with zero attached hydrogens (tertiary/aromatic N) is 2. The Balaban J connectivity index is 1.05. The van der Waals surface area contributed by atoms with Crippen LogP contribution in [0, 0.1) is 34.5 Å². The van der Waals surface area contributed by atoms with Gasteiger partial charge in [0.25, 0.3) is 0 Å². The number of fused-ring (bicyclic) bond motifs is 3. The minimum Gasteiger partial charge on any atom is -0.393 e. The van der Waals surface area contributed by atoms with Gasteiger partial charge in [0.2, 0.25) is 5.91 Å². The second kappa shape index (κ2) is 12.7. The van der Waals surface area contributed by atoms with E-state index >= 15 is 0 Å². The van der Waals surface area contributed by atoms with Crippen molar-refractivity contribution in [3.8, 4) is 0 Å². The van der Waals surface area contributed by atoms with Crippen LogP contribution < -0.4 is 5.32 Å². The SMILES string of the molecule is CC1=C(CCC(=O)NCC2CCN(CCCc3ccccn3)CC2)[C@@H]2CC[C@H]3C(C)(C)[C@@H](O)CC[C@]3(C)[C@H]2CC1. The van der Waals surface area contributed by atoms with E-state index in [2.05, 4.69) is 55.0 Å². The topological polar surface area (TPSA) is 65.5 Å². The van der Waals surface area contributed by atoms with E-state index in [1.807, 2.05) is 12.3 Å². The standard InChI is InChI=1S/C35H55N3O2/c1-25-10-13-30-29(11-14-31-34(2,3)32(39)16-19-35(30,31)4)28(25)12-15-33(40)37-24-26-17-22-38(23-18-26)21-7-9-27-8-5-6-20-36-27/h5-6,8,20,26,29-32,39H,7,9-19,21-24H2,1-4H3,(H,37,40)/t29-,30-,31-,32-,35+/m0/s1.